The molecule has 1 aliphatic heterocycles. The smallest absolute Gasteiger partial charge is 0.223 e. The predicted molar refractivity (Wildman–Crippen MR) is 109 cm³/mol. The SMILES string of the molecule is CCN(CC)CCOc1ccc(CNC(=O)[C@H]2CCN[C@@H](C)C2)cc1.Cl. The molecule has 26 heavy (non-hydrogen) atoms. The van der Waals surface area contributed by atoms with Gasteiger partial charge < -0.3 is 20.3 Å². The third-order valence-corrected chi connectivity index (χ3v) is 4.96. The third kappa shape index (κ3) is 7.52. The highest BCUT2D eigenvalue weighted by molar-refractivity contribution is 5.85. The molecule has 0 aliphatic carbocycles. The molecule has 6 heteroatoms. The molecule has 2 rings (SSSR count). The van der Waals surface area contributed by atoms with Crippen LogP contribution in [0.5, 0.6) is 5.75 Å². The van der Waals surface area contributed by atoms with E-state index in [4.69, 9.17) is 4.74 Å². The fraction of sp³-hybridized carbons (Fsp3) is 0.650. The average Bonchev–Trinajstić information content (AvgIpc) is 2.64. The van der Waals surface area contributed by atoms with Crippen molar-refractivity contribution < 1.29 is 9.53 Å². The molecule has 2 atom stereocenters. The number of ether oxygens (including phenoxy) is 1. The summed E-state index contributed by atoms with van der Waals surface area (Å²) in [6, 6.07) is 8.44. The Bertz CT molecular complexity index is 520. The van der Waals surface area contributed by atoms with Gasteiger partial charge in [-0.25, -0.2) is 0 Å². The molecule has 0 spiro atoms. The quantitative estimate of drug-likeness (QED) is 0.688. The van der Waals surface area contributed by atoms with Crippen molar-refractivity contribution in [1.29, 1.82) is 0 Å². The van der Waals surface area contributed by atoms with Crippen LogP contribution in [0, 0.1) is 5.92 Å². The number of amides is 1. The Balaban J connectivity index is 0.00000338. The van der Waals surface area contributed by atoms with E-state index >= 15 is 0 Å². The van der Waals surface area contributed by atoms with E-state index in [1.165, 1.54) is 0 Å². The molecule has 0 aromatic heterocycles. The number of halogens is 1. The lowest BCUT2D eigenvalue weighted by Crippen LogP contribution is -2.42. The van der Waals surface area contributed by atoms with Gasteiger partial charge >= 0.3 is 0 Å². The number of carbonyl (C=O) groups excluding carboxylic acids is 1. The van der Waals surface area contributed by atoms with Crippen molar-refractivity contribution in [2.45, 2.75) is 46.2 Å². The van der Waals surface area contributed by atoms with Crippen molar-refractivity contribution in [3.63, 3.8) is 0 Å². The summed E-state index contributed by atoms with van der Waals surface area (Å²) in [5, 5.41) is 6.45. The molecule has 148 valence electrons. The number of hydrogen-bond donors (Lipinski definition) is 2. The van der Waals surface area contributed by atoms with Crippen molar-refractivity contribution in [2.24, 2.45) is 5.92 Å². The second-order valence-corrected chi connectivity index (χ2v) is 6.81. The van der Waals surface area contributed by atoms with E-state index in [0.29, 0.717) is 19.2 Å². The highest BCUT2D eigenvalue weighted by Crippen LogP contribution is 2.17. The lowest BCUT2D eigenvalue weighted by Gasteiger charge is -2.27. The van der Waals surface area contributed by atoms with Gasteiger partial charge in [-0.15, -0.1) is 12.4 Å². The van der Waals surface area contributed by atoms with E-state index in [2.05, 4.69) is 36.3 Å². The summed E-state index contributed by atoms with van der Waals surface area (Å²) >= 11 is 0. The van der Waals surface area contributed by atoms with Gasteiger partial charge in [0.15, 0.2) is 0 Å². The summed E-state index contributed by atoms with van der Waals surface area (Å²) in [5.41, 5.74) is 1.10. The molecular weight excluding hydrogens is 350 g/mol. The van der Waals surface area contributed by atoms with E-state index in [9.17, 15) is 4.79 Å². The molecule has 5 nitrogen and oxygen atoms in total. The maximum absolute atomic E-state index is 12.3. The van der Waals surface area contributed by atoms with Crippen LogP contribution in [0.4, 0.5) is 0 Å². The van der Waals surface area contributed by atoms with Gasteiger partial charge in [-0.2, -0.15) is 0 Å². The Morgan fingerprint density at radius 3 is 2.58 bits per heavy atom. The highest BCUT2D eigenvalue weighted by atomic mass is 35.5. The Hall–Kier alpha value is -1.30. The van der Waals surface area contributed by atoms with Crippen LogP contribution in [-0.4, -0.2) is 49.6 Å². The minimum Gasteiger partial charge on any atom is -0.492 e. The Morgan fingerprint density at radius 2 is 1.96 bits per heavy atom. The Kier molecular flexibility index (Phi) is 10.6. The van der Waals surface area contributed by atoms with Gasteiger partial charge in [0.25, 0.3) is 0 Å². The highest BCUT2D eigenvalue weighted by Gasteiger charge is 2.24. The number of likely N-dealkylation sites (N-methyl/N-ethyl adjacent to an activating group) is 1. The summed E-state index contributed by atoms with van der Waals surface area (Å²) in [4.78, 5) is 14.6. The number of piperidine rings is 1. The number of nitrogens with one attached hydrogen (secondary N) is 2. The monoisotopic (exact) mass is 383 g/mol. The summed E-state index contributed by atoms with van der Waals surface area (Å²) in [5.74, 6) is 1.20. The zero-order valence-electron chi connectivity index (χ0n) is 16.3. The van der Waals surface area contributed by atoms with E-state index in [1.807, 2.05) is 24.3 Å². The minimum absolute atomic E-state index is 0. The summed E-state index contributed by atoms with van der Waals surface area (Å²) in [6.45, 7) is 11.7. The molecule has 1 aromatic rings. The van der Waals surface area contributed by atoms with Crippen LogP contribution in [0.15, 0.2) is 24.3 Å². The minimum atomic E-state index is 0. The first-order valence-electron chi connectivity index (χ1n) is 9.57. The van der Waals surface area contributed by atoms with Crippen LogP contribution in [-0.2, 0) is 11.3 Å². The van der Waals surface area contributed by atoms with Crippen LogP contribution >= 0.6 is 12.4 Å². The number of hydrogen-bond acceptors (Lipinski definition) is 4. The lowest BCUT2D eigenvalue weighted by atomic mass is 9.92. The molecule has 2 N–H and O–H groups in total. The van der Waals surface area contributed by atoms with Gasteiger partial charge in [0.2, 0.25) is 5.91 Å². The number of nitrogens with zero attached hydrogens (tertiary/aromatic N) is 1. The van der Waals surface area contributed by atoms with Crippen molar-refractivity contribution in [2.75, 3.05) is 32.8 Å². The van der Waals surface area contributed by atoms with Gasteiger partial charge in [-0.05, 0) is 57.1 Å². The van der Waals surface area contributed by atoms with Crippen molar-refractivity contribution >= 4 is 18.3 Å². The van der Waals surface area contributed by atoms with Crippen LogP contribution in [0.1, 0.15) is 39.2 Å². The molecule has 0 saturated carbocycles. The zero-order valence-corrected chi connectivity index (χ0v) is 17.1. The average molecular weight is 384 g/mol. The molecule has 1 aliphatic rings. The topological polar surface area (TPSA) is 53.6 Å². The molecule has 0 radical (unpaired) electrons. The van der Waals surface area contributed by atoms with Gasteiger partial charge in [0.05, 0.1) is 0 Å². The van der Waals surface area contributed by atoms with E-state index in [0.717, 1.165) is 50.3 Å². The van der Waals surface area contributed by atoms with Gasteiger partial charge in [-0.1, -0.05) is 26.0 Å². The number of rotatable bonds is 9. The summed E-state index contributed by atoms with van der Waals surface area (Å²) in [7, 11) is 0. The molecule has 1 saturated heterocycles. The fourth-order valence-corrected chi connectivity index (χ4v) is 3.24. The van der Waals surface area contributed by atoms with Crippen LogP contribution in [0.2, 0.25) is 0 Å². The lowest BCUT2D eigenvalue weighted by molar-refractivity contribution is -0.126. The molecular formula is C20H34ClN3O2. The summed E-state index contributed by atoms with van der Waals surface area (Å²) in [6.07, 6.45) is 1.85. The normalized spacial score (nSPS) is 19.7. The number of carbonyl (C=O) groups is 1. The first kappa shape index (κ1) is 22.7. The maximum atomic E-state index is 12.3. The standard InChI is InChI=1S/C20H33N3O2.ClH/c1-4-23(5-2)12-13-25-19-8-6-17(7-9-19)15-22-20(24)18-10-11-21-16(3)14-18;/h6-9,16,18,21H,4-5,10-15H2,1-3H3,(H,22,24);1H/t16-,18-;/m0./s1. The van der Waals surface area contributed by atoms with E-state index in [-0.39, 0.29) is 24.2 Å². The molecule has 1 heterocycles. The number of benzene rings is 1. The van der Waals surface area contributed by atoms with Crippen molar-refractivity contribution in [3.05, 3.63) is 29.8 Å². The van der Waals surface area contributed by atoms with Gasteiger partial charge in [0, 0.05) is 25.0 Å². The molecule has 1 fully saturated rings. The van der Waals surface area contributed by atoms with Crippen LogP contribution < -0.4 is 15.4 Å². The fourth-order valence-electron chi connectivity index (χ4n) is 3.24. The Morgan fingerprint density at radius 1 is 1.27 bits per heavy atom. The molecule has 0 bridgehead atoms. The first-order valence-corrected chi connectivity index (χ1v) is 9.57. The maximum Gasteiger partial charge on any atom is 0.223 e. The van der Waals surface area contributed by atoms with Gasteiger partial charge in [-0.3, -0.25) is 4.79 Å². The first-order chi connectivity index (χ1) is 12.1. The predicted octanol–water partition coefficient (Wildman–Crippen LogP) is 2.83. The second-order valence-electron chi connectivity index (χ2n) is 6.81. The molecule has 1 aromatic carbocycles. The largest absolute Gasteiger partial charge is 0.492 e. The van der Waals surface area contributed by atoms with Crippen LogP contribution in [0.3, 0.4) is 0 Å². The van der Waals surface area contributed by atoms with E-state index < -0.39 is 0 Å². The molecule has 0 unspecified atom stereocenters. The van der Waals surface area contributed by atoms with Gasteiger partial charge in [0.1, 0.15) is 12.4 Å². The third-order valence-electron chi connectivity index (χ3n) is 4.96. The van der Waals surface area contributed by atoms with E-state index in [1.54, 1.807) is 0 Å². The van der Waals surface area contributed by atoms with Crippen molar-refractivity contribution in [3.8, 4) is 5.75 Å². The van der Waals surface area contributed by atoms with Crippen molar-refractivity contribution in [1.82, 2.24) is 15.5 Å². The molecule has 1 amide bonds. The Labute approximate surface area is 164 Å². The van der Waals surface area contributed by atoms with Crippen LogP contribution in [0.25, 0.3) is 0 Å². The zero-order chi connectivity index (χ0) is 18.1. The second kappa shape index (κ2) is 12.2. The summed E-state index contributed by atoms with van der Waals surface area (Å²) < 4.78 is 5.79.